The number of allylic oxidation sites excluding steroid dienone is 1. The van der Waals surface area contributed by atoms with Crippen LogP contribution in [0.15, 0.2) is 77.2 Å². The van der Waals surface area contributed by atoms with Gasteiger partial charge in [-0.15, -0.1) is 0 Å². The van der Waals surface area contributed by atoms with Crippen molar-refractivity contribution in [3.63, 3.8) is 0 Å². The van der Waals surface area contributed by atoms with Gasteiger partial charge in [-0.05, 0) is 37.5 Å². The summed E-state index contributed by atoms with van der Waals surface area (Å²) in [7, 11) is 1.92. The number of anilines is 1. The van der Waals surface area contributed by atoms with Gasteiger partial charge in [0, 0.05) is 35.0 Å². The lowest BCUT2D eigenvalue weighted by atomic mass is 10.0. The molecule has 1 fully saturated rings. The van der Waals surface area contributed by atoms with E-state index in [0.717, 1.165) is 51.3 Å². The highest BCUT2D eigenvalue weighted by molar-refractivity contribution is 8.04. The third kappa shape index (κ3) is 4.14. The van der Waals surface area contributed by atoms with Crippen LogP contribution in [0.2, 0.25) is 0 Å². The molecule has 34 heavy (non-hydrogen) atoms. The van der Waals surface area contributed by atoms with Crippen LogP contribution in [0.4, 0.5) is 5.69 Å². The van der Waals surface area contributed by atoms with Gasteiger partial charge in [0.25, 0.3) is 0 Å². The standard InChI is InChI=1S/C28H28N4OS/c1-18-8-4-7-11-24(18)34-19(2)27(33)21-14-12-20(13-15-21)26-25-23(29-3)16-17-30-28(25)32(31-26)22-9-5-6-10-22/h4,7-8,11-17,22H,2,5-6,9-10H2,1,3H3,(H,29,30). The van der Waals surface area contributed by atoms with Gasteiger partial charge in [-0.25, -0.2) is 9.67 Å². The smallest absolute Gasteiger partial charge is 0.199 e. The SMILES string of the molecule is C=C(Sc1ccccc1C)C(=O)c1ccc(-c2nn(C3CCCC3)c3nccc(NC)c23)cc1. The largest absolute Gasteiger partial charge is 0.387 e. The van der Waals surface area contributed by atoms with Crippen LogP contribution in [0.3, 0.4) is 0 Å². The zero-order chi connectivity index (χ0) is 23.7. The van der Waals surface area contributed by atoms with E-state index in [9.17, 15) is 4.79 Å². The molecule has 0 amide bonds. The number of fused-ring (bicyclic) bond motifs is 1. The number of hydrogen-bond acceptors (Lipinski definition) is 5. The summed E-state index contributed by atoms with van der Waals surface area (Å²) < 4.78 is 2.11. The number of benzene rings is 2. The van der Waals surface area contributed by atoms with Crippen LogP contribution in [0.1, 0.15) is 47.6 Å². The first kappa shape index (κ1) is 22.4. The molecule has 0 spiro atoms. The molecule has 6 heteroatoms. The second-order valence-electron chi connectivity index (χ2n) is 8.74. The highest BCUT2D eigenvalue weighted by Gasteiger charge is 2.24. The molecule has 172 valence electrons. The molecule has 0 radical (unpaired) electrons. The van der Waals surface area contributed by atoms with E-state index in [-0.39, 0.29) is 5.78 Å². The summed E-state index contributed by atoms with van der Waals surface area (Å²) in [5, 5.41) is 9.35. The minimum Gasteiger partial charge on any atom is -0.387 e. The number of aromatic nitrogens is 3. The van der Waals surface area contributed by atoms with E-state index in [2.05, 4.69) is 21.6 Å². The first-order valence-corrected chi connectivity index (χ1v) is 12.5. The van der Waals surface area contributed by atoms with Crippen molar-refractivity contribution in [1.82, 2.24) is 14.8 Å². The van der Waals surface area contributed by atoms with Crippen molar-refractivity contribution in [3.8, 4) is 11.3 Å². The summed E-state index contributed by atoms with van der Waals surface area (Å²) in [6.07, 6.45) is 6.57. The molecule has 2 aromatic heterocycles. The number of carbonyl (C=O) groups is 1. The number of carbonyl (C=O) groups excluding carboxylic acids is 1. The van der Waals surface area contributed by atoms with Crippen LogP contribution in [0, 0.1) is 6.92 Å². The predicted molar refractivity (Wildman–Crippen MR) is 141 cm³/mol. The minimum absolute atomic E-state index is 0.0567. The normalized spacial score (nSPS) is 13.9. The molecule has 5 rings (SSSR count). The van der Waals surface area contributed by atoms with Crippen LogP contribution in [0.25, 0.3) is 22.3 Å². The Balaban J connectivity index is 1.46. The number of nitrogens with zero attached hydrogens (tertiary/aromatic N) is 3. The average Bonchev–Trinajstić information content (AvgIpc) is 3.53. The zero-order valence-electron chi connectivity index (χ0n) is 19.5. The fourth-order valence-corrected chi connectivity index (χ4v) is 5.52. The van der Waals surface area contributed by atoms with Gasteiger partial charge in [-0.1, -0.05) is 73.6 Å². The summed E-state index contributed by atoms with van der Waals surface area (Å²) in [6, 6.07) is 18.1. The first-order chi connectivity index (χ1) is 16.6. The van der Waals surface area contributed by atoms with Gasteiger partial charge in [-0.3, -0.25) is 4.79 Å². The molecule has 5 nitrogen and oxygen atoms in total. The predicted octanol–water partition coefficient (Wildman–Crippen LogP) is 7.05. The maximum Gasteiger partial charge on any atom is 0.199 e. The molecule has 0 atom stereocenters. The Morgan fingerprint density at radius 2 is 1.82 bits per heavy atom. The maximum atomic E-state index is 13.0. The maximum absolute atomic E-state index is 13.0. The Labute approximate surface area is 204 Å². The first-order valence-electron chi connectivity index (χ1n) is 11.7. The van der Waals surface area contributed by atoms with Gasteiger partial charge >= 0.3 is 0 Å². The molecule has 1 saturated carbocycles. The molecule has 1 aliphatic carbocycles. The van der Waals surface area contributed by atoms with Crippen molar-refractivity contribution in [2.75, 3.05) is 12.4 Å². The van der Waals surface area contributed by atoms with E-state index in [1.165, 1.54) is 24.6 Å². The Bertz CT molecular complexity index is 1370. The van der Waals surface area contributed by atoms with E-state index in [1.54, 1.807) is 0 Å². The Kier molecular flexibility index (Phi) is 6.24. The lowest BCUT2D eigenvalue weighted by Gasteiger charge is -2.10. The van der Waals surface area contributed by atoms with E-state index >= 15 is 0 Å². The van der Waals surface area contributed by atoms with Gasteiger partial charge in [0.15, 0.2) is 11.4 Å². The lowest BCUT2D eigenvalue weighted by Crippen LogP contribution is -2.07. The molecule has 0 aliphatic heterocycles. The molecule has 0 unspecified atom stereocenters. The van der Waals surface area contributed by atoms with E-state index in [1.807, 2.05) is 74.8 Å². The number of pyridine rings is 1. The van der Waals surface area contributed by atoms with Crippen molar-refractivity contribution in [2.45, 2.75) is 43.5 Å². The highest BCUT2D eigenvalue weighted by atomic mass is 32.2. The number of ketones is 1. The van der Waals surface area contributed by atoms with Crippen LogP contribution in [-0.2, 0) is 0 Å². The fourth-order valence-electron chi connectivity index (χ4n) is 4.67. The van der Waals surface area contributed by atoms with Crippen molar-refractivity contribution in [1.29, 1.82) is 0 Å². The molecule has 0 saturated heterocycles. The molecular formula is C28H28N4OS. The van der Waals surface area contributed by atoms with E-state index in [0.29, 0.717) is 16.5 Å². The lowest BCUT2D eigenvalue weighted by molar-refractivity contribution is 0.104. The molecule has 1 aliphatic rings. The molecule has 4 aromatic rings. The van der Waals surface area contributed by atoms with Gasteiger partial charge < -0.3 is 5.32 Å². The Morgan fingerprint density at radius 3 is 2.53 bits per heavy atom. The number of Topliss-reactive ketones (excluding diaryl/α,β-unsaturated/α-hetero) is 1. The third-order valence-electron chi connectivity index (χ3n) is 6.53. The van der Waals surface area contributed by atoms with Crippen LogP contribution < -0.4 is 5.32 Å². The summed E-state index contributed by atoms with van der Waals surface area (Å²) in [5.74, 6) is -0.0567. The fraction of sp³-hybridized carbons (Fsp3) is 0.250. The van der Waals surface area contributed by atoms with Crippen molar-refractivity contribution in [3.05, 3.63) is 83.4 Å². The van der Waals surface area contributed by atoms with E-state index < -0.39 is 0 Å². The molecule has 1 N–H and O–H groups in total. The van der Waals surface area contributed by atoms with Gasteiger partial charge in [0.1, 0.15) is 5.69 Å². The topological polar surface area (TPSA) is 59.8 Å². The summed E-state index contributed by atoms with van der Waals surface area (Å²) in [6.45, 7) is 6.08. The monoisotopic (exact) mass is 468 g/mol. The average molecular weight is 469 g/mol. The van der Waals surface area contributed by atoms with Gasteiger partial charge in [0.05, 0.1) is 16.3 Å². The summed E-state index contributed by atoms with van der Waals surface area (Å²) >= 11 is 1.42. The van der Waals surface area contributed by atoms with Gasteiger partial charge in [0.2, 0.25) is 0 Å². The highest BCUT2D eigenvalue weighted by Crippen LogP contribution is 2.38. The second-order valence-corrected chi connectivity index (χ2v) is 9.87. The molecular weight excluding hydrogens is 440 g/mol. The van der Waals surface area contributed by atoms with E-state index in [4.69, 9.17) is 5.10 Å². The Hall–Kier alpha value is -3.38. The minimum atomic E-state index is -0.0567. The number of thioether (sulfide) groups is 1. The van der Waals surface area contributed by atoms with Crippen molar-refractivity contribution < 1.29 is 4.79 Å². The third-order valence-corrected chi connectivity index (χ3v) is 7.64. The number of hydrogen-bond donors (Lipinski definition) is 1. The van der Waals surface area contributed by atoms with Gasteiger partial charge in [-0.2, -0.15) is 5.10 Å². The number of rotatable bonds is 7. The number of nitrogens with one attached hydrogen (secondary N) is 1. The summed E-state index contributed by atoms with van der Waals surface area (Å²) in [5.41, 5.74) is 5.55. The summed E-state index contributed by atoms with van der Waals surface area (Å²) in [4.78, 5) is 19.3. The Morgan fingerprint density at radius 1 is 1.09 bits per heavy atom. The van der Waals surface area contributed by atoms with Crippen LogP contribution >= 0.6 is 11.8 Å². The van der Waals surface area contributed by atoms with Crippen molar-refractivity contribution >= 4 is 34.3 Å². The number of aryl methyl sites for hydroxylation is 1. The molecule has 0 bridgehead atoms. The molecule has 2 heterocycles. The quantitative estimate of drug-likeness (QED) is 0.179. The zero-order valence-corrected chi connectivity index (χ0v) is 20.4. The molecule has 2 aromatic carbocycles. The van der Waals surface area contributed by atoms with Crippen LogP contribution in [0.5, 0.6) is 0 Å². The van der Waals surface area contributed by atoms with Crippen molar-refractivity contribution in [2.24, 2.45) is 0 Å². The van der Waals surface area contributed by atoms with Crippen LogP contribution in [-0.4, -0.2) is 27.6 Å². The second kappa shape index (κ2) is 9.47.